The number of hydrogen-bond acceptors (Lipinski definition) is 0. The number of aryl methyl sites for hydroxylation is 2. The monoisotopic (exact) mass is 300 g/mol. The summed E-state index contributed by atoms with van der Waals surface area (Å²) in [5.41, 5.74) is 2.64. The fourth-order valence-corrected chi connectivity index (χ4v) is 1.78. The summed E-state index contributed by atoms with van der Waals surface area (Å²) in [6, 6.07) is 12.8. The lowest BCUT2D eigenvalue weighted by molar-refractivity contribution is -0.673. The summed E-state index contributed by atoms with van der Waals surface area (Å²) < 4.78 is 2.33. The van der Waals surface area contributed by atoms with Crippen molar-refractivity contribution in [2.45, 2.75) is 20.4 Å². The van der Waals surface area contributed by atoms with Crippen LogP contribution in [-0.4, -0.2) is 0 Å². The van der Waals surface area contributed by atoms with Gasteiger partial charge in [-0.2, -0.15) is 4.57 Å². The van der Waals surface area contributed by atoms with Crippen molar-refractivity contribution in [3.05, 3.63) is 42.1 Å². The second-order valence-corrected chi connectivity index (χ2v) is 3.28. The van der Waals surface area contributed by atoms with Gasteiger partial charge in [-0.05, 0) is 19.1 Å². The van der Waals surface area contributed by atoms with Crippen molar-refractivity contribution >= 4 is 34.9 Å². The van der Waals surface area contributed by atoms with Gasteiger partial charge in [-0.25, -0.2) is 0 Å². The van der Waals surface area contributed by atoms with Gasteiger partial charge in [0.15, 0.2) is 5.69 Å². The van der Waals surface area contributed by atoms with Crippen molar-refractivity contribution in [2.75, 3.05) is 0 Å². The van der Waals surface area contributed by atoms with Crippen molar-refractivity contribution in [3.8, 4) is 0 Å². The van der Waals surface area contributed by atoms with Crippen LogP contribution in [0.2, 0.25) is 0 Å². The number of nitrogens with zero attached hydrogens (tertiary/aromatic N) is 1. The van der Waals surface area contributed by atoms with Gasteiger partial charge in [0.05, 0.1) is 0 Å². The highest BCUT2D eigenvalue weighted by Crippen LogP contribution is 2.09. The first kappa shape index (κ1) is 11.4. The molecule has 0 aliphatic heterocycles. The van der Waals surface area contributed by atoms with Crippen LogP contribution in [0.1, 0.15) is 12.6 Å². The molecular weight excluding hydrogens is 285 g/mol. The lowest BCUT2D eigenvalue weighted by atomic mass is 10.2. The van der Waals surface area contributed by atoms with Crippen LogP contribution in [0.5, 0.6) is 0 Å². The van der Waals surface area contributed by atoms with E-state index >= 15 is 0 Å². The van der Waals surface area contributed by atoms with Crippen molar-refractivity contribution < 1.29 is 4.57 Å². The van der Waals surface area contributed by atoms with Gasteiger partial charge in [0.2, 0.25) is 5.52 Å². The summed E-state index contributed by atoms with van der Waals surface area (Å²) in [7, 11) is 0. The van der Waals surface area contributed by atoms with Gasteiger partial charge < -0.3 is 0 Å². The first-order valence-electron chi connectivity index (χ1n) is 4.71. The van der Waals surface area contributed by atoms with Crippen LogP contribution in [0, 0.1) is 6.92 Å². The molecule has 0 atom stereocenters. The Morgan fingerprint density at radius 3 is 2.50 bits per heavy atom. The number of benzene rings is 1. The number of aromatic nitrogens is 1. The van der Waals surface area contributed by atoms with E-state index in [1.807, 2.05) is 0 Å². The Labute approximate surface area is 102 Å². The average Bonchev–Trinajstić information content (AvgIpc) is 2.18. The van der Waals surface area contributed by atoms with Crippen LogP contribution in [0.15, 0.2) is 36.4 Å². The Morgan fingerprint density at radius 2 is 1.79 bits per heavy atom. The summed E-state index contributed by atoms with van der Waals surface area (Å²) in [5.74, 6) is 0. The maximum Gasteiger partial charge on any atom is 0.212 e. The molecule has 1 heterocycles. The Hall–Kier alpha value is -0.640. The zero-order valence-corrected chi connectivity index (χ0v) is 10.9. The molecule has 14 heavy (non-hydrogen) atoms. The number of rotatable bonds is 1. The zero-order valence-electron chi connectivity index (χ0n) is 8.53. The van der Waals surface area contributed by atoms with E-state index in [1.165, 1.54) is 16.6 Å². The number of halogens is 1. The highest BCUT2D eigenvalue weighted by atomic mass is 127. The van der Waals surface area contributed by atoms with E-state index in [9.17, 15) is 0 Å². The predicted octanol–water partition coefficient (Wildman–Crippen LogP) is 3.07. The van der Waals surface area contributed by atoms with Crippen LogP contribution in [0.4, 0.5) is 0 Å². The third kappa shape index (κ3) is 1.90. The third-order valence-corrected chi connectivity index (χ3v) is 2.47. The van der Waals surface area contributed by atoms with E-state index in [0.29, 0.717) is 0 Å². The average molecular weight is 300 g/mol. The molecule has 0 spiro atoms. The Morgan fingerprint density at radius 1 is 1.07 bits per heavy atom. The summed E-state index contributed by atoms with van der Waals surface area (Å²) in [6.07, 6.45) is 0. The highest BCUT2D eigenvalue weighted by Gasteiger charge is 2.08. The van der Waals surface area contributed by atoms with Gasteiger partial charge in [0.1, 0.15) is 6.54 Å². The first-order valence-corrected chi connectivity index (χ1v) is 4.71. The lowest BCUT2D eigenvalue weighted by Gasteiger charge is -2.01. The normalized spacial score (nSPS) is 9.86. The summed E-state index contributed by atoms with van der Waals surface area (Å²) in [4.78, 5) is 0. The highest BCUT2D eigenvalue weighted by molar-refractivity contribution is 14.0. The number of pyridine rings is 1. The molecule has 0 unspecified atom stereocenters. The number of hydrogen-bond donors (Lipinski definition) is 0. The molecule has 1 aromatic carbocycles. The van der Waals surface area contributed by atoms with Gasteiger partial charge in [-0.15, -0.1) is 24.0 Å². The van der Waals surface area contributed by atoms with Crippen LogP contribution in [0.3, 0.4) is 0 Å². The maximum absolute atomic E-state index is 2.33. The molecule has 0 bridgehead atoms. The second-order valence-electron chi connectivity index (χ2n) is 3.28. The minimum absolute atomic E-state index is 0. The van der Waals surface area contributed by atoms with E-state index < -0.39 is 0 Å². The van der Waals surface area contributed by atoms with Crippen LogP contribution in [0.25, 0.3) is 10.9 Å². The Balaban J connectivity index is 0.000000980. The lowest BCUT2D eigenvalue weighted by Crippen LogP contribution is -2.36. The van der Waals surface area contributed by atoms with Crippen LogP contribution in [-0.2, 0) is 6.54 Å². The number of fused-ring (bicyclic) bond motifs is 1. The minimum atomic E-state index is 0. The van der Waals surface area contributed by atoms with Crippen molar-refractivity contribution in [1.29, 1.82) is 0 Å². The van der Waals surface area contributed by atoms with Crippen molar-refractivity contribution in [3.63, 3.8) is 0 Å². The maximum atomic E-state index is 2.33. The molecule has 0 N–H and O–H groups in total. The SMILES string of the molecule is CC[n+]1c(C)ccc2ccccc21.I. The van der Waals surface area contributed by atoms with E-state index in [2.05, 4.69) is 54.8 Å². The molecule has 0 fully saturated rings. The molecule has 0 saturated heterocycles. The van der Waals surface area contributed by atoms with E-state index in [1.54, 1.807) is 0 Å². The second kappa shape index (κ2) is 4.73. The van der Waals surface area contributed by atoms with E-state index in [4.69, 9.17) is 0 Å². The van der Waals surface area contributed by atoms with Gasteiger partial charge >= 0.3 is 0 Å². The van der Waals surface area contributed by atoms with Crippen molar-refractivity contribution in [1.82, 2.24) is 0 Å². The molecule has 2 rings (SSSR count). The topological polar surface area (TPSA) is 3.88 Å². The van der Waals surface area contributed by atoms with E-state index in [-0.39, 0.29) is 24.0 Å². The van der Waals surface area contributed by atoms with Crippen LogP contribution >= 0.6 is 24.0 Å². The smallest absolute Gasteiger partial charge is 0.196 e. The fourth-order valence-electron chi connectivity index (χ4n) is 1.78. The molecule has 0 aliphatic carbocycles. The molecule has 0 aliphatic rings. The Kier molecular flexibility index (Phi) is 3.86. The van der Waals surface area contributed by atoms with Gasteiger partial charge in [0.25, 0.3) is 0 Å². The van der Waals surface area contributed by atoms with E-state index in [0.717, 1.165) is 6.54 Å². The fraction of sp³-hybridized carbons (Fsp3) is 0.250. The van der Waals surface area contributed by atoms with Gasteiger partial charge in [-0.3, -0.25) is 0 Å². The standard InChI is InChI=1S/C12H14N.HI/c1-3-13-10(2)8-9-11-6-4-5-7-12(11)13;/h4-9H,3H2,1-2H3;1H/q+1;. The molecule has 74 valence electrons. The molecule has 1 nitrogen and oxygen atoms in total. The summed E-state index contributed by atoms with van der Waals surface area (Å²) in [5, 5.41) is 1.31. The molecule has 1 aromatic heterocycles. The molecule has 0 radical (unpaired) electrons. The number of para-hydroxylation sites is 1. The summed E-state index contributed by atoms with van der Waals surface area (Å²) >= 11 is 0. The largest absolute Gasteiger partial charge is 0.212 e. The van der Waals surface area contributed by atoms with Gasteiger partial charge in [-0.1, -0.05) is 12.1 Å². The molecule has 0 amide bonds. The minimum Gasteiger partial charge on any atom is -0.196 e. The zero-order chi connectivity index (χ0) is 9.26. The predicted molar refractivity (Wildman–Crippen MR) is 70.0 cm³/mol. The third-order valence-electron chi connectivity index (χ3n) is 2.47. The molecular formula is C12H15IN+. The molecule has 2 aromatic rings. The van der Waals surface area contributed by atoms with Gasteiger partial charge in [0, 0.05) is 24.4 Å². The quantitative estimate of drug-likeness (QED) is 0.563. The first-order chi connectivity index (χ1) is 6.33. The molecule has 2 heteroatoms. The van der Waals surface area contributed by atoms with Crippen LogP contribution < -0.4 is 4.57 Å². The molecule has 0 saturated carbocycles. The summed E-state index contributed by atoms with van der Waals surface area (Å²) in [6.45, 7) is 5.36. The Bertz CT molecular complexity index is 437. The van der Waals surface area contributed by atoms with Crippen molar-refractivity contribution in [2.24, 2.45) is 0 Å².